The molecule has 3 atom stereocenters. The van der Waals surface area contributed by atoms with E-state index in [0.29, 0.717) is 46.8 Å². The first-order chi connectivity index (χ1) is 18.5. The Hall–Kier alpha value is -2.69. The molecular weight excluding hydrogens is 571 g/mol. The lowest BCUT2D eigenvalue weighted by Crippen LogP contribution is -2.48. The summed E-state index contributed by atoms with van der Waals surface area (Å²) in [5.41, 5.74) is 2.43. The first kappa shape index (κ1) is 30.3. The summed E-state index contributed by atoms with van der Waals surface area (Å²) in [5.74, 6) is -0.573. The van der Waals surface area contributed by atoms with Crippen LogP contribution in [0.15, 0.2) is 71.6 Å². The van der Waals surface area contributed by atoms with Crippen molar-refractivity contribution in [2.45, 2.75) is 42.2 Å². The van der Waals surface area contributed by atoms with Gasteiger partial charge in [-0.2, -0.15) is 13.5 Å². The Morgan fingerprint density at radius 2 is 1.93 bits per heavy atom. The number of rotatable bonds is 6. The first-order valence-corrected chi connectivity index (χ1v) is 14.9. The highest BCUT2D eigenvalue weighted by Gasteiger charge is 2.45. The molecule has 0 saturated carbocycles. The number of hydrogen-bond donors (Lipinski definition) is 2. The summed E-state index contributed by atoms with van der Waals surface area (Å²) in [7, 11) is -1.92. The zero-order valence-electron chi connectivity index (χ0n) is 22.4. The highest BCUT2D eigenvalue weighted by Crippen LogP contribution is 2.47. The molecule has 3 aromatic carbocycles. The number of nitrogens with zero attached hydrogens (tertiary/aromatic N) is 1. The number of nitrogens with one attached hydrogen (secondary N) is 1. The van der Waals surface area contributed by atoms with Crippen molar-refractivity contribution in [2.24, 2.45) is 0 Å². The van der Waals surface area contributed by atoms with Crippen LogP contribution < -0.4 is 10.1 Å². The van der Waals surface area contributed by atoms with Crippen LogP contribution in [0, 0.1) is 12.7 Å². The van der Waals surface area contributed by atoms with Gasteiger partial charge in [0.1, 0.15) is 5.82 Å². The molecule has 1 aliphatic heterocycles. The van der Waals surface area contributed by atoms with E-state index < -0.39 is 21.4 Å². The quantitative estimate of drug-likeness (QED) is 0.288. The maximum Gasteiger partial charge on any atom is 0.217 e. The molecule has 0 radical (unpaired) electrons. The van der Waals surface area contributed by atoms with E-state index in [2.05, 4.69) is 5.32 Å². The number of pyridine rings is 1. The highest BCUT2D eigenvalue weighted by molar-refractivity contribution is 7.90. The average Bonchev–Trinajstić information content (AvgIpc) is 2.87. The third-order valence-corrected chi connectivity index (χ3v) is 8.89. The van der Waals surface area contributed by atoms with Gasteiger partial charge in [-0.3, -0.25) is 0 Å². The molecule has 212 valence electrons. The smallest absolute Gasteiger partial charge is 0.217 e. The average molecular weight is 603 g/mol. The van der Waals surface area contributed by atoms with E-state index in [1.165, 1.54) is 25.3 Å². The summed E-state index contributed by atoms with van der Waals surface area (Å²) in [6.07, 6.45) is 1.92. The van der Waals surface area contributed by atoms with Gasteiger partial charge in [-0.25, -0.2) is 17.8 Å². The number of benzene rings is 3. The van der Waals surface area contributed by atoms with Crippen molar-refractivity contribution < 1.29 is 22.7 Å². The summed E-state index contributed by atoms with van der Waals surface area (Å²) >= 11 is 6.42. The molecule has 2 heterocycles. The van der Waals surface area contributed by atoms with E-state index in [-0.39, 0.29) is 30.3 Å². The van der Waals surface area contributed by atoms with Gasteiger partial charge in [0.15, 0.2) is 9.84 Å². The van der Waals surface area contributed by atoms with E-state index in [1.54, 1.807) is 24.3 Å². The van der Waals surface area contributed by atoms with Crippen molar-refractivity contribution in [1.29, 1.82) is 0 Å². The normalized spacial score (nSPS) is 20.1. The van der Waals surface area contributed by atoms with E-state index in [1.807, 2.05) is 31.2 Å². The molecule has 40 heavy (non-hydrogen) atoms. The number of halogens is 2. The Balaban J connectivity index is 0.00000370. The predicted octanol–water partition coefficient (Wildman–Crippen LogP) is 5.85. The van der Waals surface area contributed by atoms with Crippen molar-refractivity contribution in [3.05, 3.63) is 99.8 Å². The summed E-state index contributed by atoms with van der Waals surface area (Å²) < 4.78 is 44.1. The Kier molecular flexibility index (Phi) is 8.82. The molecule has 4 aromatic rings. The number of sulfone groups is 1. The number of ether oxygens (including phenoxy) is 1. The summed E-state index contributed by atoms with van der Waals surface area (Å²) in [5, 5.41) is 17.1. The van der Waals surface area contributed by atoms with Gasteiger partial charge in [0.2, 0.25) is 5.88 Å². The van der Waals surface area contributed by atoms with Crippen LogP contribution in [0.2, 0.25) is 5.02 Å². The zero-order chi connectivity index (χ0) is 27.9. The minimum Gasteiger partial charge on any atom is -0.481 e. The Morgan fingerprint density at radius 1 is 1.15 bits per heavy atom. The van der Waals surface area contributed by atoms with Crippen LogP contribution in [0.25, 0.3) is 10.9 Å². The lowest BCUT2D eigenvalue weighted by atomic mass is 9.70. The molecular formula is C30H32ClFN2O4S2. The lowest BCUT2D eigenvalue weighted by Gasteiger charge is -2.44. The number of aliphatic hydroxyl groups is 1. The molecule has 0 aliphatic carbocycles. The highest BCUT2D eigenvalue weighted by atomic mass is 35.5. The summed E-state index contributed by atoms with van der Waals surface area (Å²) in [6.45, 7) is 2.38. The Labute approximate surface area is 245 Å². The minimum atomic E-state index is -3.44. The number of aromatic nitrogens is 1. The molecule has 5 rings (SSSR count). The lowest BCUT2D eigenvalue weighted by molar-refractivity contribution is -0.0197. The van der Waals surface area contributed by atoms with Gasteiger partial charge in [-0.15, -0.1) is 0 Å². The molecule has 3 unspecified atom stereocenters. The molecule has 0 bridgehead atoms. The molecule has 6 nitrogen and oxygen atoms in total. The summed E-state index contributed by atoms with van der Waals surface area (Å²) in [6, 6.07) is 18.4. The molecule has 1 aromatic heterocycles. The van der Waals surface area contributed by atoms with Gasteiger partial charge >= 0.3 is 0 Å². The van der Waals surface area contributed by atoms with Crippen LogP contribution in [0.4, 0.5) is 4.39 Å². The molecule has 1 saturated heterocycles. The van der Waals surface area contributed by atoms with Gasteiger partial charge in [0.25, 0.3) is 0 Å². The van der Waals surface area contributed by atoms with Crippen LogP contribution in [-0.2, 0) is 9.84 Å². The predicted molar refractivity (Wildman–Crippen MR) is 161 cm³/mol. The molecule has 1 aliphatic rings. The van der Waals surface area contributed by atoms with Gasteiger partial charge in [0, 0.05) is 34.2 Å². The largest absolute Gasteiger partial charge is 0.481 e. The number of piperidine rings is 1. The minimum absolute atomic E-state index is 0. The maximum atomic E-state index is 13.8. The molecule has 2 N–H and O–H groups in total. The SMILES string of the molecule is COc1nc2ccc(S(C)(=O)=O)cc2cc1C(c1cccc(Cl)c1)C1(O)CCNC(c2ccc(F)cc2C)C1.S. The van der Waals surface area contributed by atoms with Crippen LogP contribution in [0.3, 0.4) is 0 Å². The topological polar surface area (TPSA) is 88.5 Å². The van der Waals surface area contributed by atoms with Crippen molar-refractivity contribution in [2.75, 3.05) is 19.9 Å². The number of fused-ring (bicyclic) bond motifs is 1. The van der Waals surface area contributed by atoms with Crippen molar-refractivity contribution in [3.63, 3.8) is 0 Å². The van der Waals surface area contributed by atoms with Gasteiger partial charge in [0.05, 0.1) is 23.1 Å². The van der Waals surface area contributed by atoms with Crippen LogP contribution in [0.5, 0.6) is 5.88 Å². The van der Waals surface area contributed by atoms with Crippen molar-refractivity contribution in [3.8, 4) is 5.88 Å². The standard InChI is InChI=1S/C30H30ClFN2O4S.H2S/c1-18-13-22(32)7-9-24(18)27-17-30(35,11-12-33-27)28(19-5-4-6-21(31)14-19)25-16-20-15-23(39(3,36)37)8-10-26(20)34-29(25)38-2;/h4-10,13-16,27-28,33,35H,11-12,17H2,1-3H3;1H2. The molecule has 0 amide bonds. The fourth-order valence-electron chi connectivity index (χ4n) is 5.72. The Morgan fingerprint density at radius 3 is 2.60 bits per heavy atom. The van der Waals surface area contributed by atoms with E-state index in [4.69, 9.17) is 21.3 Å². The number of methoxy groups -OCH3 is 1. The van der Waals surface area contributed by atoms with Crippen molar-refractivity contribution in [1.82, 2.24) is 10.3 Å². The van der Waals surface area contributed by atoms with Crippen molar-refractivity contribution >= 4 is 45.8 Å². The van der Waals surface area contributed by atoms with E-state index >= 15 is 0 Å². The molecule has 0 spiro atoms. The van der Waals surface area contributed by atoms with Crippen LogP contribution >= 0.6 is 25.1 Å². The fraction of sp³-hybridized carbons (Fsp3) is 0.300. The monoisotopic (exact) mass is 602 g/mol. The van der Waals surface area contributed by atoms with E-state index in [0.717, 1.165) is 22.9 Å². The van der Waals surface area contributed by atoms with Gasteiger partial charge in [-0.1, -0.05) is 29.8 Å². The van der Waals surface area contributed by atoms with E-state index in [9.17, 15) is 17.9 Å². The van der Waals surface area contributed by atoms with Gasteiger partial charge < -0.3 is 15.2 Å². The fourth-order valence-corrected chi connectivity index (χ4v) is 6.58. The van der Waals surface area contributed by atoms with Crippen LogP contribution in [0.1, 0.15) is 47.1 Å². The second-order valence-corrected chi connectivity index (χ2v) is 12.7. The number of hydrogen-bond acceptors (Lipinski definition) is 6. The second kappa shape index (κ2) is 11.7. The first-order valence-electron chi connectivity index (χ1n) is 12.6. The molecule has 10 heteroatoms. The molecule has 1 fully saturated rings. The van der Waals surface area contributed by atoms with Crippen LogP contribution in [-0.4, -0.2) is 44.0 Å². The van der Waals surface area contributed by atoms with Gasteiger partial charge in [-0.05, 0) is 91.5 Å². The third-order valence-electron chi connectivity index (χ3n) is 7.54. The Bertz CT molecular complexity index is 1670. The third kappa shape index (κ3) is 5.99. The second-order valence-electron chi connectivity index (χ2n) is 10.3. The summed E-state index contributed by atoms with van der Waals surface area (Å²) in [4.78, 5) is 4.87. The zero-order valence-corrected chi connectivity index (χ0v) is 25.0. The maximum absolute atomic E-state index is 13.8. The number of aryl methyl sites for hydroxylation is 1.